The molecule has 2 N–H and O–H groups in total. The predicted molar refractivity (Wildman–Crippen MR) is 82.3 cm³/mol. The summed E-state index contributed by atoms with van der Waals surface area (Å²) < 4.78 is 5.12. The second kappa shape index (κ2) is 8.03. The molecule has 116 valence electrons. The van der Waals surface area contributed by atoms with Crippen LogP contribution in [-0.2, 0) is 11.2 Å². The van der Waals surface area contributed by atoms with Crippen molar-refractivity contribution in [2.24, 2.45) is 0 Å². The predicted octanol–water partition coefficient (Wildman–Crippen LogP) is 2.44. The molecular weight excluding hydrogens is 266 g/mol. The number of ether oxygens (including phenoxy) is 1. The van der Waals surface area contributed by atoms with E-state index in [9.17, 15) is 9.90 Å². The summed E-state index contributed by atoms with van der Waals surface area (Å²) >= 11 is 0. The molecule has 4 heteroatoms. The zero-order chi connectivity index (χ0) is 15.1. The lowest BCUT2D eigenvalue weighted by atomic mass is 9.93. The molecular formula is C17H25NO3. The maximum atomic E-state index is 11.9. The molecule has 1 aliphatic carbocycles. The molecule has 1 aromatic rings. The number of aliphatic hydroxyl groups excluding tert-OH is 1. The summed E-state index contributed by atoms with van der Waals surface area (Å²) in [6.45, 7) is 0. The fraction of sp³-hybridized carbons (Fsp3) is 0.588. The lowest BCUT2D eigenvalue weighted by Crippen LogP contribution is -2.38. The minimum absolute atomic E-state index is 0.130. The Hall–Kier alpha value is -1.55. The van der Waals surface area contributed by atoms with Gasteiger partial charge in [-0.15, -0.1) is 0 Å². The number of hydrogen-bond donors (Lipinski definition) is 2. The quantitative estimate of drug-likeness (QED) is 0.846. The Balaban J connectivity index is 1.64. The molecule has 1 aromatic carbocycles. The first-order chi connectivity index (χ1) is 10.2. The number of hydrogen-bond acceptors (Lipinski definition) is 3. The second-order valence-electron chi connectivity index (χ2n) is 5.77. The third-order valence-electron chi connectivity index (χ3n) is 4.09. The van der Waals surface area contributed by atoms with Crippen LogP contribution in [0.25, 0.3) is 0 Å². The van der Waals surface area contributed by atoms with Crippen molar-refractivity contribution in [1.29, 1.82) is 0 Å². The molecule has 2 rings (SSSR count). The van der Waals surface area contributed by atoms with Crippen LogP contribution < -0.4 is 10.1 Å². The fourth-order valence-electron chi connectivity index (χ4n) is 2.77. The Bertz CT molecular complexity index is 436. The van der Waals surface area contributed by atoms with Crippen LogP contribution in [0.2, 0.25) is 0 Å². The van der Waals surface area contributed by atoms with E-state index in [1.54, 1.807) is 7.11 Å². The van der Waals surface area contributed by atoms with Crippen molar-refractivity contribution in [3.05, 3.63) is 29.8 Å². The molecule has 0 spiro atoms. The molecule has 21 heavy (non-hydrogen) atoms. The first-order valence-electron chi connectivity index (χ1n) is 7.77. The van der Waals surface area contributed by atoms with Gasteiger partial charge < -0.3 is 15.2 Å². The zero-order valence-electron chi connectivity index (χ0n) is 12.7. The van der Waals surface area contributed by atoms with Crippen molar-refractivity contribution in [2.45, 2.75) is 57.1 Å². The normalized spacial score (nSPS) is 21.8. The first-order valence-corrected chi connectivity index (χ1v) is 7.77. The van der Waals surface area contributed by atoms with Crippen LogP contribution in [0.5, 0.6) is 5.75 Å². The molecule has 1 fully saturated rings. The molecule has 0 aliphatic heterocycles. The van der Waals surface area contributed by atoms with Crippen molar-refractivity contribution in [1.82, 2.24) is 5.32 Å². The summed E-state index contributed by atoms with van der Waals surface area (Å²) in [6, 6.07) is 8.23. The lowest BCUT2D eigenvalue weighted by molar-refractivity contribution is -0.122. The molecule has 0 radical (unpaired) electrons. The van der Waals surface area contributed by atoms with Gasteiger partial charge in [0.1, 0.15) is 5.75 Å². The third kappa shape index (κ3) is 5.38. The number of nitrogens with one attached hydrogen (secondary N) is 1. The van der Waals surface area contributed by atoms with E-state index in [0.717, 1.165) is 44.3 Å². The fourth-order valence-corrected chi connectivity index (χ4v) is 2.77. The third-order valence-corrected chi connectivity index (χ3v) is 4.09. The van der Waals surface area contributed by atoms with Crippen LogP contribution in [0.1, 0.15) is 44.1 Å². The van der Waals surface area contributed by atoms with Crippen LogP contribution in [0, 0.1) is 0 Å². The smallest absolute Gasteiger partial charge is 0.220 e. The largest absolute Gasteiger partial charge is 0.497 e. The van der Waals surface area contributed by atoms with Crippen LogP contribution in [0.3, 0.4) is 0 Å². The average molecular weight is 291 g/mol. The monoisotopic (exact) mass is 291 g/mol. The summed E-state index contributed by atoms with van der Waals surface area (Å²) in [5, 5.41) is 12.5. The SMILES string of the molecule is COc1ccc(CCCC(=O)NC2CCC(O)CC2)cc1. The van der Waals surface area contributed by atoms with Gasteiger partial charge in [0.2, 0.25) is 5.91 Å². The first kappa shape index (κ1) is 15.8. The number of aliphatic hydroxyl groups is 1. The maximum absolute atomic E-state index is 11.9. The molecule has 1 saturated carbocycles. The minimum atomic E-state index is -0.173. The van der Waals surface area contributed by atoms with Gasteiger partial charge in [0.05, 0.1) is 13.2 Å². The molecule has 4 nitrogen and oxygen atoms in total. The van der Waals surface area contributed by atoms with E-state index in [4.69, 9.17) is 4.74 Å². The second-order valence-corrected chi connectivity index (χ2v) is 5.77. The van der Waals surface area contributed by atoms with Gasteiger partial charge in [0.15, 0.2) is 0 Å². The molecule has 0 aromatic heterocycles. The van der Waals surface area contributed by atoms with Gasteiger partial charge >= 0.3 is 0 Å². The Morgan fingerprint density at radius 1 is 1.24 bits per heavy atom. The number of carbonyl (C=O) groups is 1. The van der Waals surface area contributed by atoms with E-state index in [0.29, 0.717) is 6.42 Å². The molecule has 1 amide bonds. The van der Waals surface area contributed by atoms with Crippen molar-refractivity contribution in [3.63, 3.8) is 0 Å². The molecule has 0 saturated heterocycles. The number of benzene rings is 1. The number of aryl methyl sites for hydroxylation is 1. The van der Waals surface area contributed by atoms with E-state index >= 15 is 0 Å². The topological polar surface area (TPSA) is 58.6 Å². The summed E-state index contributed by atoms with van der Waals surface area (Å²) in [5.41, 5.74) is 1.23. The number of methoxy groups -OCH3 is 1. The number of amides is 1. The van der Waals surface area contributed by atoms with Crippen LogP contribution in [0.4, 0.5) is 0 Å². The maximum Gasteiger partial charge on any atom is 0.220 e. The van der Waals surface area contributed by atoms with Gasteiger partial charge in [0.25, 0.3) is 0 Å². The Kier molecular flexibility index (Phi) is 6.05. The Morgan fingerprint density at radius 2 is 1.90 bits per heavy atom. The van der Waals surface area contributed by atoms with Crippen molar-refractivity contribution in [2.75, 3.05) is 7.11 Å². The van der Waals surface area contributed by atoms with Crippen LogP contribution in [-0.4, -0.2) is 30.3 Å². The van der Waals surface area contributed by atoms with Crippen LogP contribution >= 0.6 is 0 Å². The minimum Gasteiger partial charge on any atom is -0.497 e. The zero-order valence-corrected chi connectivity index (χ0v) is 12.7. The Morgan fingerprint density at radius 3 is 2.52 bits per heavy atom. The molecule has 0 unspecified atom stereocenters. The van der Waals surface area contributed by atoms with Gasteiger partial charge in [-0.05, 0) is 56.2 Å². The van der Waals surface area contributed by atoms with Gasteiger partial charge in [-0.1, -0.05) is 12.1 Å². The molecule has 1 aliphatic rings. The van der Waals surface area contributed by atoms with Crippen molar-refractivity contribution in [3.8, 4) is 5.75 Å². The van der Waals surface area contributed by atoms with Crippen molar-refractivity contribution >= 4 is 5.91 Å². The van der Waals surface area contributed by atoms with Gasteiger partial charge in [-0.25, -0.2) is 0 Å². The standard InChI is InChI=1S/C17H25NO3/c1-21-16-11-5-13(6-12-16)3-2-4-17(20)18-14-7-9-15(19)10-8-14/h5-6,11-12,14-15,19H,2-4,7-10H2,1H3,(H,18,20). The molecule has 0 bridgehead atoms. The van der Waals surface area contributed by atoms with E-state index in [-0.39, 0.29) is 18.1 Å². The average Bonchev–Trinajstić information content (AvgIpc) is 2.50. The lowest BCUT2D eigenvalue weighted by Gasteiger charge is -2.26. The van der Waals surface area contributed by atoms with Crippen LogP contribution in [0.15, 0.2) is 24.3 Å². The summed E-state index contributed by atoms with van der Waals surface area (Å²) in [6.07, 6.45) is 5.54. The van der Waals surface area contributed by atoms with E-state index in [2.05, 4.69) is 5.32 Å². The number of rotatable bonds is 6. The highest BCUT2D eigenvalue weighted by Crippen LogP contribution is 2.18. The highest BCUT2D eigenvalue weighted by molar-refractivity contribution is 5.76. The van der Waals surface area contributed by atoms with Gasteiger partial charge in [-0.3, -0.25) is 4.79 Å². The van der Waals surface area contributed by atoms with Gasteiger partial charge in [-0.2, -0.15) is 0 Å². The highest BCUT2D eigenvalue weighted by atomic mass is 16.5. The summed E-state index contributed by atoms with van der Waals surface area (Å²) in [4.78, 5) is 11.9. The molecule has 0 atom stereocenters. The molecule has 0 heterocycles. The summed E-state index contributed by atoms with van der Waals surface area (Å²) in [5.74, 6) is 0.987. The number of carbonyl (C=O) groups excluding carboxylic acids is 1. The van der Waals surface area contributed by atoms with Crippen molar-refractivity contribution < 1.29 is 14.6 Å². The Labute approximate surface area is 126 Å². The van der Waals surface area contributed by atoms with E-state index in [1.165, 1.54) is 5.56 Å². The van der Waals surface area contributed by atoms with E-state index < -0.39 is 0 Å². The van der Waals surface area contributed by atoms with Gasteiger partial charge in [0, 0.05) is 12.5 Å². The highest BCUT2D eigenvalue weighted by Gasteiger charge is 2.20. The summed E-state index contributed by atoms with van der Waals surface area (Å²) in [7, 11) is 1.66. The van der Waals surface area contributed by atoms with E-state index in [1.807, 2.05) is 24.3 Å².